The fourth-order valence-electron chi connectivity index (χ4n) is 1.37. The van der Waals surface area contributed by atoms with Crippen molar-refractivity contribution in [3.8, 4) is 0 Å². The molecule has 2 atom stereocenters. The molecule has 1 aliphatic heterocycles. The Bertz CT molecular complexity index is 107. The van der Waals surface area contributed by atoms with Crippen molar-refractivity contribution < 1.29 is 4.74 Å². The van der Waals surface area contributed by atoms with Crippen molar-refractivity contribution >= 4 is 11.8 Å². The molecule has 1 saturated heterocycles. The van der Waals surface area contributed by atoms with E-state index in [1.54, 1.807) is 7.11 Å². The van der Waals surface area contributed by atoms with Gasteiger partial charge >= 0.3 is 0 Å². The normalized spacial score (nSPS) is 27.3. The first-order chi connectivity index (χ1) is 5.38. The molecule has 0 aromatic rings. The van der Waals surface area contributed by atoms with Gasteiger partial charge in [0.05, 0.1) is 6.61 Å². The van der Waals surface area contributed by atoms with E-state index in [-0.39, 0.29) is 0 Å². The maximum Gasteiger partial charge on any atom is 0.0632 e. The van der Waals surface area contributed by atoms with Crippen molar-refractivity contribution in [3.63, 3.8) is 0 Å². The van der Waals surface area contributed by atoms with Crippen LogP contribution in [0, 0.1) is 5.92 Å². The molecule has 0 amide bonds. The molecule has 0 aromatic carbocycles. The average Bonchev–Trinajstić information content (AvgIpc) is 2.52. The van der Waals surface area contributed by atoms with Crippen LogP contribution in [0.15, 0.2) is 0 Å². The Morgan fingerprint density at radius 3 is 3.09 bits per heavy atom. The highest BCUT2D eigenvalue weighted by molar-refractivity contribution is 7.99. The highest BCUT2D eigenvalue weighted by atomic mass is 32.2. The molecule has 0 saturated carbocycles. The lowest BCUT2D eigenvalue weighted by Gasteiger charge is -2.20. The van der Waals surface area contributed by atoms with Crippen molar-refractivity contribution in [2.24, 2.45) is 11.8 Å². The third kappa shape index (κ3) is 2.63. The average molecular weight is 176 g/mol. The van der Waals surface area contributed by atoms with E-state index in [2.05, 4.69) is 5.43 Å². The minimum Gasteiger partial charge on any atom is -0.383 e. The second-order valence-electron chi connectivity index (χ2n) is 2.85. The maximum absolute atomic E-state index is 5.40. The Morgan fingerprint density at radius 1 is 1.82 bits per heavy atom. The van der Waals surface area contributed by atoms with Crippen LogP contribution >= 0.6 is 11.8 Å². The Labute approximate surface area is 72.0 Å². The van der Waals surface area contributed by atoms with Gasteiger partial charge in [-0.3, -0.25) is 11.3 Å². The summed E-state index contributed by atoms with van der Waals surface area (Å²) < 4.78 is 5.06. The van der Waals surface area contributed by atoms with Crippen LogP contribution in [-0.2, 0) is 4.74 Å². The molecule has 0 radical (unpaired) electrons. The topological polar surface area (TPSA) is 47.3 Å². The second-order valence-corrected chi connectivity index (χ2v) is 4.00. The fraction of sp³-hybridized carbons (Fsp3) is 1.00. The number of thioether (sulfide) groups is 1. The first-order valence-electron chi connectivity index (χ1n) is 3.91. The van der Waals surface area contributed by atoms with Crippen LogP contribution in [0.5, 0.6) is 0 Å². The summed E-state index contributed by atoms with van der Waals surface area (Å²) in [5, 5.41) is 0. The number of rotatable bonds is 4. The molecule has 4 heteroatoms. The molecule has 0 spiro atoms. The van der Waals surface area contributed by atoms with Gasteiger partial charge in [0.1, 0.15) is 0 Å². The van der Waals surface area contributed by atoms with Crippen molar-refractivity contribution in [2.75, 3.05) is 25.2 Å². The largest absolute Gasteiger partial charge is 0.383 e. The molecular weight excluding hydrogens is 160 g/mol. The number of ether oxygens (including phenoxy) is 1. The monoisotopic (exact) mass is 176 g/mol. The van der Waals surface area contributed by atoms with Gasteiger partial charge in [-0.2, -0.15) is 11.8 Å². The van der Waals surface area contributed by atoms with Gasteiger partial charge in [0.2, 0.25) is 0 Å². The summed E-state index contributed by atoms with van der Waals surface area (Å²) in [5.41, 5.74) is 2.81. The van der Waals surface area contributed by atoms with Gasteiger partial charge in [0.25, 0.3) is 0 Å². The van der Waals surface area contributed by atoms with Gasteiger partial charge in [-0.05, 0) is 23.8 Å². The predicted octanol–water partition coefficient (Wildman–Crippen LogP) is 0.218. The van der Waals surface area contributed by atoms with E-state index >= 15 is 0 Å². The predicted molar refractivity (Wildman–Crippen MR) is 48.4 cm³/mol. The first kappa shape index (κ1) is 9.32. The summed E-state index contributed by atoms with van der Waals surface area (Å²) >= 11 is 2.00. The molecule has 0 aliphatic carbocycles. The number of nitrogens with one attached hydrogen (secondary N) is 1. The molecule has 1 fully saturated rings. The van der Waals surface area contributed by atoms with E-state index < -0.39 is 0 Å². The van der Waals surface area contributed by atoms with E-state index in [9.17, 15) is 0 Å². The summed E-state index contributed by atoms with van der Waals surface area (Å²) in [7, 11) is 1.71. The van der Waals surface area contributed by atoms with Crippen molar-refractivity contribution in [1.29, 1.82) is 0 Å². The maximum atomic E-state index is 5.40. The van der Waals surface area contributed by atoms with Crippen LogP contribution in [0.4, 0.5) is 0 Å². The van der Waals surface area contributed by atoms with Gasteiger partial charge in [-0.25, -0.2) is 0 Å². The van der Waals surface area contributed by atoms with Crippen LogP contribution in [0.25, 0.3) is 0 Å². The Kier molecular flexibility index (Phi) is 4.22. The molecule has 0 aromatic heterocycles. The number of hydrogen-bond donors (Lipinski definition) is 2. The Morgan fingerprint density at radius 2 is 2.64 bits per heavy atom. The minimum absolute atomic E-state index is 0.343. The summed E-state index contributed by atoms with van der Waals surface area (Å²) in [5.74, 6) is 8.59. The highest BCUT2D eigenvalue weighted by Crippen LogP contribution is 2.25. The smallest absolute Gasteiger partial charge is 0.0632 e. The van der Waals surface area contributed by atoms with Crippen LogP contribution in [0.2, 0.25) is 0 Å². The van der Waals surface area contributed by atoms with Gasteiger partial charge in [-0.1, -0.05) is 0 Å². The van der Waals surface area contributed by atoms with E-state index in [0.29, 0.717) is 12.0 Å². The molecule has 3 N–H and O–H groups in total. The molecule has 66 valence electrons. The first-order valence-corrected chi connectivity index (χ1v) is 5.06. The van der Waals surface area contributed by atoms with Crippen molar-refractivity contribution in [1.82, 2.24) is 5.43 Å². The summed E-state index contributed by atoms with van der Waals surface area (Å²) in [4.78, 5) is 0. The lowest BCUT2D eigenvalue weighted by molar-refractivity contribution is 0.145. The van der Waals surface area contributed by atoms with Crippen LogP contribution in [0.3, 0.4) is 0 Å². The number of hydrogen-bond acceptors (Lipinski definition) is 4. The Hall–Kier alpha value is 0.230. The van der Waals surface area contributed by atoms with E-state index in [0.717, 1.165) is 6.61 Å². The van der Waals surface area contributed by atoms with E-state index in [1.807, 2.05) is 11.8 Å². The van der Waals surface area contributed by atoms with Crippen LogP contribution in [-0.4, -0.2) is 31.3 Å². The highest BCUT2D eigenvalue weighted by Gasteiger charge is 2.23. The van der Waals surface area contributed by atoms with Crippen molar-refractivity contribution in [3.05, 3.63) is 0 Å². The van der Waals surface area contributed by atoms with Crippen LogP contribution in [0.1, 0.15) is 6.42 Å². The van der Waals surface area contributed by atoms with Crippen LogP contribution < -0.4 is 11.3 Å². The summed E-state index contributed by atoms with van der Waals surface area (Å²) in [6.45, 7) is 0.724. The fourth-order valence-corrected chi connectivity index (χ4v) is 2.71. The summed E-state index contributed by atoms with van der Waals surface area (Å²) in [6, 6.07) is 0.343. The molecule has 1 aliphatic rings. The minimum atomic E-state index is 0.343. The second kappa shape index (κ2) is 4.98. The van der Waals surface area contributed by atoms with E-state index in [4.69, 9.17) is 10.6 Å². The SMILES string of the molecule is COCC(NN)C1CCSC1. The van der Waals surface area contributed by atoms with Gasteiger partial charge in [0.15, 0.2) is 0 Å². The van der Waals surface area contributed by atoms with Crippen molar-refractivity contribution in [2.45, 2.75) is 12.5 Å². The van der Waals surface area contributed by atoms with Gasteiger partial charge in [-0.15, -0.1) is 0 Å². The van der Waals surface area contributed by atoms with Gasteiger partial charge in [0, 0.05) is 13.2 Å². The van der Waals surface area contributed by atoms with E-state index in [1.165, 1.54) is 17.9 Å². The molecule has 0 bridgehead atoms. The quantitative estimate of drug-likeness (QED) is 0.475. The molecule has 1 rings (SSSR count). The summed E-state index contributed by atoms with van der Waals surface area (Å²) in [6.07, 6.45) is 1.27. The standard InChI is InChI=1S/C7H16N2OS/c1-10-4-7(9-8)6-2-3-11-5-6/h6-7,9H,2-5,8H2,1H3. The Balaban J connectivity index is 2.27. The molecule has 11 heavy (non-hydrogen) atoms. The number of methoxy groups -OCH3 is 1. The lowest BCUT2D eigenvalue weighted by atomic mass is 10.0. The lowest BCUT2D eigenvalue weighted by Crippen LogP contribution is -2.44. The zero-order valence-electron chi connectivity index (χ0n) is 6.88. The van der Waals surface area contributed by atoms with Gasteiger partial charge < -0.3 is 4.74 Å². The number of hydrazine groups is 1. The molecule has 2 unspecified atom stereocenters. The number of nitrogens with two attached hydrogens (primary N) is 1. The molecular formula is C7H16N2OS. The third-order valence-electron chi connectivity index (χ3n) is 2.09. The third-order valence-corrected chi connectivity index (χ3v) is 3.28. The molecule has 3 nitrogen and oxygen atoms in total. The zero-order valence-corrected chi connectivity index (χ0v) is 7.69. The zero-order chi connectivity index (χ0) is 8.10. The molecule has 1 heterocycles.